The number of hydrogen-bond acceptors (Lipinski definition) is 5. The zero-order valence-electron chi connectivity index (χ0n) is 26.7. The molecule has 1 unspecified atom stereocenters. The number of halogens is 2. The summed E-state index contributed by atoms with van der Waals surface area (Å²) in [6, 6.07) is 26.3. The van der Waals surface area contributed by atoms with Crippen molar-refractivity contribution >= 4 is 50.7 Å². The number of nitrogens with one attached hydrogen (secondary N) is 1. The molecular formula is C36H39Cl2N3O5S. The van der Waals surface area contributed by atoms with Crippen molar-refractivity contribution in [1.29, 1.82) is 0 Å². The van der Waals surface area contributed by atoms with Crippen molar-refractivity contribution in [3.05, 3.63) is 124 Å². The fourth-order valence-corrected chi connectivity index (χ4v) is 6.81. The van der Waals surface area contributed by atoms with E-state index in [0.29, 0.717) is 17.3 Å². The number of sulfonamides is 1. The number of rotatable bonds is 15. The number of carbonyl (C=O) groups is 2. The van der Waals surface area contributed by atoms with Crippen LogP contribution < -0.4 is 14.4 Å². The fraction of sp³-hybridized carbons (Fsp3) is 0.278. The van der Waals surface area contributed by atoms with Gasteiger partial charge < -0.3 is 15.0 Å². The summed E-state index contributed by atoms with van der Waals surface area (Å²) in [5.41, 5.74) is 2.62. The van der Waals surface area contributed by atoms with E-state index in [1.165, 1.54) is 36.3 Å². The Bertz CT molecular complexity index is 1750. The zero-order chi connectivity index (χ0) is 34.0. The number of ether oxygens (including phenoxy) is 1. The van der Waals surface area contributed by atoms with Crippen molar-refractivity contribution in [2.45, 2.75) is 50.6 Å². The summed E-state index contributed by atoms with van der Waals surface area (Å²) in [5, 5.41) is 3.69. The lowest BCUT2D eigenvalue weighted by Crippen LogP contribution is -2.53. The Hall–Kier alpha value is -4.05. The molecule has 4 aromatic rings. The maximum Gasteiger partial charge on any atom is 0.264 e. The predicted molar refractivity (Wildman–Crippen MR) is 188 cm³/mol. The molecule has 4 aromatic carbocycles. The van der Waals surface area contributed by atoms with E-state index in [1.807, 2.05) is 44.2 Å². The molecule has 0 aliphatic heterocycles. The molecule has 0 bridgehead atoms. The molecule has 248 valence electrons. The van der Waals surface area contributed by atoms with Crippen LogP contribution in [0.5, 0.6) is 5.75 Å². The first kappa shape index (κ1) is 35.8. The molecule has 2 amide bonds. The SMILES string of the molecule is CCCCNC(=O)C(Cc1ccccc1)N(Cc1ccc(Cl)cc1)C(=O)CN(c1ccc(OC)c(Cl)c1)S(=O)(=O)c1ccc(C)cc1. The number of benzene rings is 4. The van der Waals surface area contributed by atoms with Gasteiger partial charge in [0.05, 0.1) is 22.7 Å². The van der Waals surface area contributed by atoms with Gasteiger partial charge in [0.25, 0.3) is 10.0 Å². The fourth-order valence-electron chi connectivity index (χ4n) is 5.02. The van der Waals surface area contributed by atoms with Gasteiger partial charge in [-0.25, -0.2) is 8.42 Å². The summed E-state index contributed by atoms with van der Waals surface area (Å²) < 4.78 is 34.7. The lowest BCUT2D eigenvalue weighted by atomic mass is 10.0. The van der Waals surface area contributed by atoms with E-state index in [4.69, 9.17) is 27.9 Å². The van der Waals surface area contributed by atoms with E-state index in [0.717, 1.165) is 33.8 Å². The average Bonchev–Trinajstić information content (AvgIpc) is 3.06. The molecule has 0 saturated heterocycles. The number of methoxy groups -OCH3 is 1. The lowest BCUT2D eigenvalue weighted by molar-refractivity contribution is -0.140. The Morgan fingerprint density at radius 3 is 2.19 bits per heavy atom. The summed E-state index contributed by atoms with van der Waals surface area (Å²) in [6.45, 7) is 3.77. The van der Waals surface area contributed by atoms with Crippen LogP contribution in [0.1, 0.15) is 36.5 Å². The Kier molecular flexibility index (Phi) is 12.7. The molecule has 0 heterocycles. The first-order valence-corrected chi connectivity index (χ1v) is 17.5. The van der Waals surface area contributed by atoms with Gasteiger partial charge >= 0.3 is 0 Å². The minimum Gasteiger partial charge on any atom is -0.495 e. The molecule has 4 rings (SSSR count). The van der Waals surface area contributed by atoms with Crippen molar-refractivity contribution in [3.8, 4) is 5.75 Å². The first-order valence-electron chi connectivity index (χ1n) is 15.3. The highest BCUT2D eigenvalue weighted by Gasteiger charge is 2.34. The molecule has 0 aromatic heterocycles. The topological polar surface area (TPSA) is 96.0 Å². The Morgan fingerprint density at radius 2 is 1.57 bits per heavy atom. The van der Waals surface area contributed by atoms with Crippen LogP contribution in [0.25, 0.3) is 0 Å². The van der Waals surface area contributed by atoms with Crippen molar-refractivity contribution in [2.75, 3.05) is 24.5 Å². The molecule has 0 saturated carbocycles. The molecule has 8 nitrogen and oxygen atoms in total. The average molecular weight is 697 g/mol. The number of anilines is 1. The zero-order valence-corrected chi connectivity index (χ0v) is 29.0. The van der Waals surface area contributed by atoms with Crippen molar-refractivity contribution in [2.24, 2.45) is 0 Å². The largest absolute Gasteiger partial charge is 0.495 e. The van der Waals surface area contributed by atoms with Gasteiger partial charge in [0.2, 0.25) is 11.8 Å². The monoisotopic (exact) mass is 695 g/mol. The number of nitrogens with zero attached hydrogens (tertiary/aromatic N) is 2. The number of amides is 2. The minimum absolute atomic E-state index is 0.00485. The van der Waals surface area contributed by atoms with Crippen molar-refractivity contribution in [1.82, 2.24) is 10.2 Å². The van der Waals surface area contributed by atoms with E-state index in [9.17, 15) is 18.0 Å². The molecule has 0 radical (unpaired) electrons. The van der Waals surface area contributed by atoms with Gasteiger partial charge in [-0.2, -0.15) is 0 Å². The highest BCUT2D eigenvalue weighted by atomic mass is 35.5. The third-order valence-electron chi connectivity index (χ3n) is 7.68. The van der Waals surface area contributed by atoms with Gasteiger partial charge in [-0.3, -0.25) is 13.9 Å². The Morgan fingerprint density at radius 1 is 0.894 bits per heavy atom. The van der Waals surface area contributed by atoms with E-state index in [2.05, 4.69) is 5.32 Å². The molecule has 11 heteroatoms. The molecule has 0 fully saturated rings. The molecule has 47 heavy (non-hydrogen) atoms. The number of carbonyl (C=O) groups excluding carboxylic acids is 2. The summed E-state index contributed by atoms with van der Waals surface area (Å²) >= 11 is 12.6. The molecular weight excluding hydrogens is 657 g/mol. The smallest absolute Gasteiger partial charge is 0.264 e. The van der Waals surface area contributed by atoms with Crippen molar-refractivity contribution < 1.29 is 22.7 Å². The Balaban J connectivity index is 1.81. The Labute approximate surface area is 287 Å². The maximum atomic E-state index is 14.6. The lowest BCUT2D eigenvalue weighted by Gasteiger charge is -2.34. The van der Waals surface area contributed by atoms with Crippen molar-refractivity contribution in [3.63, 3.8) is 0 Å². The van der Waals surface area contributed by atoms with Gasteiger partial charge in [0.1, 0.15) is 18.3 Å². The third kappa shape index (κ3) is 9.50. The van der Waals surface area contributed by atoms with Gasteiger partial charge in [-0.15, -0.1) is 0 Å². The molecule has 0 aliphatic rings. The highest BCUT2D eigenvalue weighted by molar-refractivity contribution is 7.92. The predicted octanol–water partition coefficient (Wildman–Crippen LogP) is 7.06. The van der Waals surface area contributed by atoms with Crippen LogP contribution in [-0.4, -0.2) is 51.4 Å². The van der Waals surface area contributed by atoms with Crippen LogP contribution in [-0.2, 0) is 32.6 Å². The van der Waals surface area contributed by atoms with Crippen LogP contribution in [0, 0.1) is 6.92 Å². The summed E-state index contributed by atoms with van der Waals surface area (Å²) in [7, 11) is -2.81. The summed E-state index contributed by atoms with van der Waals surface area (Å²) in [5.74, 6) is -0.551. The van der Waals surface area contributed by atoms with E-state index < -0.39 is 28.5 Å². The number of aryl methyl sites for hydroxylation is 1. The van der Waals surface area contributed by atoms with E-state index in [-0.39, 0.29) is 34.5 Å². The van der Waals surface area contributed by atoms with Gasteiger partial charge in [-0.1, -0.05) is 96.7 Å². The molecule has 1 atom stereocenters. The van der Waals surface area contributed by atoms with Crippen LogP contribution in [0.2, 0.25) is 10.0 Å². The standard InChI is InChI=1S/C36H39Cl2N3O5S/c1-4-5-21-39-36(43)33(22-27-9-7-6-8-10-27)40(24-28-13-15-29(37)16-14-28)35(42)25-41(30-17-20-34(46-3)32(38)23-30)47(44,45)31-18-11-26(2)12-19-31/h6-20,23,33H,4-5,21-22,24-25H2,1-3H3,(H,39,43). The van der Waals surface area contributed by atoms with Crippen LogP contribution in [0.15, 0.2) is 102 Å². The summed E-state index contributed by atoms with van der Waals surface area (Å²) in [4.78, 5) is 29.9. The second-order valence-electron chi connectivity index (χ2n) is 11.1. The van der Waals surface area contributed by atoms with Gasteiger partial charge in [0.15, 0.2) is 0 Å². The molecule has 0 spiro atoms. The maximum absolute atomic E-state index is 14.6. The van der Waals surface area contributed by atoms with Gasteiger partial charge in [0, 0.05) is 24.5 Å². The molecule has 1 N–H and O–H groups in total. The number of hydrogen-bond donors (Lipinski definition) is 1. The third-order valence-corrected chi connectivity index (χ3v) is 10.0. The van der Waals surface area contributed by atoms with E-state index >= 15 is 0 Å². The first-order chi connectivity index (χ1) is 22.5. The second-order valence-corrected chi connectivity index (χ2v) is 13.8. The summed E-state index contributed by atoms with van der Waals surface area (Å²) in [6.07, 6.45) is 1.88. The second kappa shape index (κ2) is 16.7. The van der Waals surface area contributed by atoms with E-state index in [1.54, 1.807) is 42.5 Å². The van der Waals surface area contributed by atoms with Crippen LogP contribution >= 0.6 is 23.2 Å². The minimum atomic E-state index is -4.27. The van der Waals surface area contributed by atoms with Crippen LogP contribution in [0.3, 0.4) is 0 Å². The highest BCUT2D eigenvalue weighted by Crippen LogP contribution is 2.32. The van der Waals surface area contributed by atoms with Crippen LogP contribution in [0.4, 0.5) is 5.69 Å². The number of unbranched alkanes of at least 4 members (excludes halogenated alkanes) is 1. The normalized spacial score (nSPS) is 11.9. The van der Waals surface area contributed by atoms with Gasteiger partial charge in [-0.05, 0) is 66.9 Å². The quantitative estimate of drug-likeness (QED) is 0.134. The molecule has 0 aliphatic carbocycles.